The van der Waals surface area contributed by atoms with Crippen LogP contribution in [-0.2, 0) is 9.53 Å². The van der Waals surface area contributed by atoms with Gasteiger partial charge in [0.05, 0.1) is 6.61 Å². The van der Waals surface area contributed by atoms with E-state index in [1.807, 2.05) is 0 Å². The molecule has 1 aliphatic heterocycles. The van der Waals surface area contributed by atoms with E-state index in [4.69, 9.17) is 9.84 Å². The van der Waals surface area contributed by atoms with Crippen molar-refractivity contribution in [2.45, 2.75) is 37.6 Å². The third-order valence-electron chi connectivity index (χ3n) is 2.59. The summed E-state index contributed by atoms with van der Waals surface area (Å²) in [6.45, 7) is 4.32. The topological polar surface area (TPSA) is 119 Å². The highest BCUT2D eigenvalue weighted by molar-refractivity contribution is 5.92. The third kappa shape index (κ3) is 3.02. The van der Waals surface area contributed by atoms with Crippen molar-refractivity contribution in [2.24, 2.45) is 0 Å². The van der Waals surface area contributed by atoms with Crippen LogP contribution in [0.3, 0.4) is 0 Å². The third-order valence-corrected chi connectivity index (χ3v) is 2.59. The maximum atomic E-state index is 11.3. The van der Waals surface area contributed by atoms with Crippen LogP contribution in [0.15, 0.2) is 12.2 Å². The number of ether oxygens (including phenoxy) is 1. The molecule has 0 aliphatic carbocycles. The number of carbonyl (C=O) groups excluding carboxylic acids is 1. The van der Waals surface area contributed by atoms with Crippen molar-refractivity contribution < 1.29 is 30.0 Å². The highest BCUT2D eigenvalue weighted by atomic mass is 16.6. The first kappa shape index (κ1) is 14.1. The van der Waals surface area contributed by atoms with Gasteiger partial charge < -0.3 is 30.5 Å². The minimum atomic E-state index is -1.51. The number of amides is 1. The Labute approximate surface area is 98.3 Å². The maximum Gasteiger partial charge on any atom is 0.246 e. The highest BCUT2D eigenvalue weighted by Crippen LogP contribution is 2.19. The highest BCUT2D eigenvalue weighted by Gasteiger charge is 2.44. The van der Waals surface area contributed by atoms with E-state index in [1.165, 1.54) is 6.92 Å². The van der Waals surface area contributed by atoms with Gasteiger partial charge in [0, 0.05) is 5.57 Å². The summed E-state index contributed by atoms with van der Waals surface area (Å²) in [7, 11) is 0. The summed E-state index contributed by atoms with van der Waals surface area (Å²) < 4.78 is 4.86. The van der Waals surface area contributed by atoms with Crippen molar-refractivity contribution in [3.63, 3.8) is 0 Å². The van der Waals surface area contributed by atoms with Crippen molar-refractivity contribution >= 4 is 5.91 Å². The Balaban J connectivity index is 2.73. The zero-order valence-corrected chi connectivity index (χ0v) is 9.41. The Morgan fingerprint density at radius 3 is 2.41 bits per heavy atom. The van der Waals surface area contributed by atoms with Crippen LogP contribution >= 0.6 is 0 Å². The fourth-order valence-electron chi connectivity index (χ4n) is 1.53. The molecular weight excluding hydrogens is 230 g/mol. The van der Waals surface area contributed by atoms with Gasteiger partial charge in [-0.15, -0.1) is 0 Å². The van der Waals surface area contributed by atoms with Crippen molar-refractivity contribution in [3.05, 3.63) is 12.2 Å². The SMILES string of the molecule is C=C(C)C(=O)N[C@@H]1C(O)O[C@H](CO)[C@@H](O)[C@@H]1O. The lowest BCUT2D eigenvalue weighted by Crippen LogP contribution is -2.64. The van der Waals surface area contributed by atoms with Gasteiger partial charge in [0.15, 0.2) is 6.29 Å². The largest absolute Gasteiger partial charge is 0.394 e. The summed E-state index contributed by atoms with van der Waals surface area (Å²) >= 11 is 0. The summed E-state index contributed by atoms with van der Waals surface area (Å²) in [6.07, 6.45) is -5.41. The fourth-order valence-corrected chi connectivity index (χ4v) is 1.53. The van der Waals surface area contributed by atoms with E-state index < -0.39 is 43.2 Å². The van der Waals surface area contributed by atoms with Crippen LogP contribution in [-0.4, -0.2) is 63.6 Å². The maximum absolute atomic E-state index is 11.3. The molecule has 1 amide bonds. The van der Waals surface area contributed by atoms with Crippen LogP contribution in [0.25, 0.3) is 0 Å². The molecule has 0 aromatic rings. The number of aliphatic hydroxyl groups is 4. The second-order valence-electron chi connectivity index (χ2n) is 4.01. The molecule has 5 N–H and O–H groups in total. The second-order valence-corrected chi connectivity index (χ2v) is 4.01. The Kier molecular flexibility index (Phi) is 4.61. The van der Waals surface area contributed by atoms with Crippen molar-refractivity contribution in [1.82, 2.24) is 5.32 Å². The summed E-state index contributed by atoms with van der Waals surface area (Å²) in [4.78, 5) is 11.3. The van der Waals surface area contributed by atoms with Gasteiger partial charge in [-0.1, -0.05) is 6.58 Å². The van der Waals surface area contributed by atoms with Gasteiger partial charge in [-0.2, -0.15) is 0 Å². The van der Waals surface area contributed by atoms with Gasteiger partial charge in [-0.3, -0.25) is 4.79 Å². The molecule has 7 heteroatoms. The molecule has 0 bridgehead atoms. The summed E-state index contributed by atoms with van der Waals surface area (Å²) in [5.74, 6) is -0.564. The molecule has 7 nitrogen and oxygen atoms in total. The molecule has 98 valence electrons. The van der Waals surface area contributed by atoms with E-state index in [0.717, 1.165) is 0 Å². The lowest BCUT2D eigenvalue weighted by atomic mass is 9.97. The Bertz CT molecular complexity index is 307. The van der Waals surface area contributed by atoms with Gasteiger partial charge in [-0.05, 0) is 6.92 Å². The van der Waals surface area contributed by atoms with Crippen LogP contribution in [0, 0.1) is 0 Å². The average Bonchev–Trinajstić information content (AvgIpc) is 2.28. The van der Waals surface area contributed by atoms with Crippen molar-refractivity contribution in [2.75, 3.05) is 6.61 Å². The van der Waals surface area contributed by atoms with Crippen molar-refractivity contribution in [1.29, 1.82) is 0 Å². The minimum Gasteiger partial charge on any atom is -0.394 e. The number of aliphatic hydroxyl groups excluding tert-OH is 4. The molecule has 0 spiro atoms. The molecule has 1 heterocycles. The molecule has 0 radical (unpaired) electrons. The summed E-state index contributed by atoms with van der Waals surface area (Å²) in [6, 6.07) is -1.17. The van der Waals surface area contributed by atoms with E-state index in [0.29, 0.717) is 0 Å². The Morgan fingerprint density at radius 2 is 1.94 bits per heavy atom. The normalized spacial score (nSPS) is 37.6. The molecule has 0 aromatic carbocycles. The molecule has 1 rings (SSSR count). The Hall–Kier alpha value is -0.990. The zero-order chi connectivity index (χ0) is 13.2. The van der Waals surface area contributed by atoms with Gasteiger partial charge >= 0.3 is 0 Å². The molecular formula is C10H17NO6. The van der Waals surface area contributed by atoms with E-state index in [-0.39, 0.29) is 5.57 Å². The van der Waals surface area contributed by atoms with Crippen LogP contribution in [0.1, 0.15) is 6.92 Å². The van der Waals surface area contributed by atoms with Gasteiger partial charge in [0.25, 0.3) is 0 Å². The molecule has 17 heavy (non-hydrogen) atoms. The number of nitrogens with one attached hydrogen (secondary N) is 1. The lowest BCUT2D eigenvalue weighted by molar-refractivity contribution is -0.253. The smallest absolute Gasteiger partial charge is 0.246 e. The van der Waals surface area contributed by atoms with Gasteiger partial charge in [0.2, 0.25) is 5.91 Å². The molecule has 1 fully saturated rings. The van der Waals surface area contributed by atoms with Gasteiger partial charge in [-0.25, -0.2) is 0 Å². The van der Waals surface area contributed by atoms with Crippen LogP contribution in [0.2, 0.25) is 0 Å². The first-order valence-electron chi connectivity index (χ1n) is 5.15. The van der Waals surface area contributed by atoms with E-state index in [9.17, 15) is 20.1 Å². The molecule has 1 saturated heterocycles. The first-order chi connectivity index (χ1) is 7.88. The molecule has 0 aromatic heterocycles. The number of carbonyl (C=O) groups is 1. The average molecular weight is 247 g/mol. The first-order valence-corrected chi connectivity index (χ1v) is 5.15. The summed E-state index contributed by atoms with van der Waals surface area (Å²) in [5.41, 5.74) is 0.197. The number of hydrogen-bond donors (Lipinski definition) is 5. The summed E-state index contributed by atoms with van der Waals surface area (Å²) in [5, 5.41) is 39.9. The minimum absolute atomic E-state index is 0.197. The predicted octanol–water partition coefficient (Wildman–Crippen LogP) is -2.52. The van der Waals surface area contributed by atoms with Crippen LogP contribution in [0.5, 0.6) is 0 Å². The van der Waals surface area contributed by atoms with E-state index in [1.54, 1.807) is 0 Å². The molecule has 5 atom stereocenters. The fraction of sp³-hybridized carbons (Fsp3) is 0.700. The standard InChI is InChI=1S/C10H17NO6/c1-4(2)9(15)11-6-8(14)7(13)5(3-12)17-10(6)16/h5-8,10,12-14,16H,1,3H2,2H3,(H,11,15)/t5-,6+,7-,8-,10?/m1/s1. The quantitative estimate of drug-likeness (QED) is 0.351. The van der Waals surface area contributed by atoms with Crippen LogP contribution < -0.4 is 5.32 Å². The predicted molar refractivity (Wildman–Crippen MR) is 56.7 cm³/mol. The molecule has 1 aliphatic rings. The molecule has 0 saturated carbocycles. The van der Waals surface area contributed by atoms with Gasteiger partial charge in [0.1, 0.15) is 24.4 Å². The van der Waals surface area contributed by atoms with E-state index in [2.05, 4.69) is 11.9 Å². The van der Waals surface area contributed by atoms with Crippen molar-refractivity contribution in [3.8, 4) is 0 Å². The lowest BCUT2D eigenvalue weighted by Gasteiger charge is -2.40. The molecule has 1 unspecified atom stereocenters. The monoisotopic (exact) mass is 247 g/mol. The number of rotatable bonds is 3. The zero-order valence-electron chi connectivity index (χ0n) is 9.41. The Morgan fingerprint density at radius 1 is 1.35 bits per heavy atom. The van der Waals surface area contributed by atoms with Crippen LogP contribution in [0.4, 0.5) is 0 Å². The second kappa shape index (κ2) is 5.56. The van der Waals surface area contributed by atoms with E-state index >= 15 is 0 Å². The number of hydrogen-bond acceptors (Lipinski definition) is 6.